The van der Waals surface area contributed by atoms with Crippen molar-refractivity contribution >= 4 is 37.8 Å². The molecule has 0 rings (SSSR count). The van der Waals surface area contributed by atoms with Crippen LogP contribution in [0.5, 0.6) is 0 Å². The van der Waals surface area contributed by atoms with Gasteiger partial charge in [0.25, 0.3) is 0 Å². The van der Waals surface area contributed by atoms with Crippen molar-refractivity contribution in [1.29, 1.82) is 0 Å². The Kier molecular flexibility index (Phi) is 15.2. The molecule has 0 aromatic rings. The number of carbonyl (C=O) groups excluding carboxylic acids is 1. The fraction of sp³-hybridized carbons (Fsp3) is 0.688. The Morgan fingerprint density at radius 3 is 2.05 bits per heavy atom. The van der Waals surface area contributed by atoms with Gasteiger partial charge in [0.1, 0.15) is 0 Å². The molecule has 0 aliphatic rings. The first-order valence-electron chi connectivity index (χ1n) is 7.51. The lowest BCUT2D eigenvalue weighted by molar-refractivity contribution is -0.137. The predicted molar refractivity (Wildman–Crippen MR) is 93.3 cm³/mol. The first-order chi connectivity index (χ1) is 9.66. The van der Waals surface area contributed by atoms with Crippen LogP contribution < -0.4 is 0 Å². The SMILES string of the molecule is CCOC(=O)/C=C/CCCCCCCCCC=C(Br)Br. The molecule has 116 valence electrons. The third-order valence-electron chi connectivity index (χ3n) is 2.91. The summed E-state index contributed by atoms with van der Waals surface area (Å²) in [4.78, 5) is 11.0. The molecule has 0 aromatic heterocycles. The van der Waals surface area contributed by atoms with E-state index < -0.39 is 0 Å². The van der Waals surface area contributed by atoms with Crippen molar-refractivity contribution < 1.29 is 9.53 Å². The molecule has 0 atom stereocenters. The summed E-state index contributed by atoms with van der Waals surface area (Å²) in [6, 6.07) is 0. The maximum absolute atomic E-state index is 11.0. The summed E-state index contributed by atoms with van der Waals surface area (Å²) in [7, 11) is 0. The summed E-state index contributed by atoms with van der Waals surface area (Å²) in [5, 5.41) is 0. The molecule has 0 amide bonds. The Morgan fingerprint density at radius 2 is 1.50 bits per heavy atom. The molecule has 0 heterocycles. The van der Waals surface area contributed by atoms with Gasteiger partial charge in [-0.2, -0.15) is 0 Å². The number of carbonyl (C=O) groups is 1. The van der Waals surface area contributed by atoms with Crippen LogP contribution in [0.1, 0.15) is 64.7 Å². The Labute approximate surface area is 140 Å². The molecular formula is C16H26Br2O2. The first-order valence-corrected chi connectivity index (χ1v) is 9.10. The Hall–Kier alpha value is -0.0900. The van der Waals surface area contributed by atoms with Gasteiger partial charge in [-0.1, -0.05) is 44.3 Å². The lowest BCUT2D eigenvalue weighted by Crippen LogP contribution is -1.98. The molecule has 0 saturated heterocycles. The highest BCUT2D eigenvalue weighted by molar-refractivity contribution is 9.28. The fourth-order valence-corrected chi connectivity index (χ4v) is 2.33. The number of hydrogen-bond acceptors (Lipinski definition) is 2. The van der Waals surface area contributed by atoms with E-state index in [2.05, 4.69) is 37.9 Å². The van der Waals surface area contributed by atoms with Gasteiger partial charge in [0.15, 0.2) is 0 Å². The Bertz CT molecular complexity index is 295. The van der Waals surface area contributed by atoms with Gasteiger partial charge in [0.05, 0.1) is 10.00 Å². The zero-order chi connectivity index (χ0) is 15.1. The van der Waals surface area contributed by atoms with Gasteiger partial charge in [-0.25, -0.2) is 4.79 Å². The van der Waals surface area contributed by atoms with Gasteiger partial charge >= 0.3 is 5.97 Å². The van der Waals surface area contributed by atoms with Crippen molar-refractivity contribution in [3.05, 3.63) is 21.6 Å². The van der Waals surface area contributed by atoms with Gasteiger partial charge in [0.2, 0.25) is 0 Å². The van der Waals surface area contributed by atoms with E-state index in [1.165, 1.54) is 38.5 Å². The molecule has 0 N–H and O–H groups in total. The van der Waals surface area contributed by atoms with Crippen LogP contribution in [-0.4, -0.2) is 12.6 Å². The minimum atomic E-state index is -0.225. The third kappa shape index (κ3) is 16.0. The second kappa shape index (κ2) is 15.3. The summed E-state index contributed by atoms with van der Waals surface area (Å²) in [5.74, 6) is -0.225. The topological polar surface area (TPSA) is 26.3 Å². The van der Waals surface area contributed by atoms with E-state index in [1.807, 2.05) is 13.0 Å². The van der Waals surface area contributed by atoms with Gasteiger partial charge in [-0.3, -0.25) is 0 Å². The molecule has 0 saturated carbocycles. The van der Waals surface area contributed by atoms with E-state index in [9.17, 15) is 4.79 Å². The van der Waals surface area contributed by atoms with Crippen molar-refractivity contribution in [3.8, 4) is 0 Å². The van der Waals surface area contributed by atoms with Crippen molar-refractivity contribution in [2.24, 2.45) is 0 Å². The highest BCUT2D eigenvalue weighted by atomic mass is 79.9. The Balaban J connectivity index is 3.21. The number of ether oxygens (including phenoxy) is 1. The summed E-state index contributed by atoms with van der Waals surface area (Å²) >= 11 is 6.72. The van der Waals surface area contributed by atoms with Crippen LogP contribution in [0, 0.1) is 0 Å². The zero-order valence-electron chi connectivity index (χ0n) is 12.4. The molecule has 4 heteroatoms. The van der Waals surface area contributed by atoms with Crippen LogP contribution in [0.25, 0.3) is 0 Å². The molecule has 0 bridgehead atoms. The summed E-state index contributed by atoms with van der Waals surface area (Å²) in [5.41, 5.74) is 0. The normalized spacial score (nSPS) is 10.8. The molecule has 0 spiro atoms. The molecule has 20 heavy (non-hydrogen) atoms. The van der Waals surface area contributed by atoms with E-state index in [1.54, 1.807) is 6.08 Å². The second-order valence-corrected chi connectivity index (χ2v) is 7.47. The van der Waals surface area contributed by atoms with Crippen LogP contribution in [0.3, 0.4) is 0 Å². The molecule has 0 radical (unpaired) electrons. The maximum Gasteiger partial charge on any atom is 0.330 e. The van der Waals surface area contributed by atoms with Crippen LogP contribution >= 0.6 is 31.9 Å². The molecular weight excluding hydrogens is 384 g/mol. The van der Waals surface area contributed by atoms with Gasteiger partial charge in [-0.05, 0) is 64.5 Å². The van der Waals surface area contributed by atoms with Crippen molar-refractivity contribution in [3.63, 3.8) is 0 Å². The molecule has 0 aliphatic carbocycles. The second-order valence-electron chi connectivity index (χ2n) is 4.70. The monoisotopic (exact) mass is 408 g/mol. The number of allylic oxidation sites excluding steroid dienone is 2. The lowest BCUT2D eigenvalue weighted by atomic mass is 10.1. The highest BCUT2D eigenvalue weighted by Crippen LogP contribution is 2.16. The standard InChI is InChI=1S/C16H26Br2O2/c1-2-20-16(19)14-12-10-8-6-4-3-5-7-9-11-13-15(17)18/h12-14H,2-11H2,1H3/b14-12+. The third-order valence-corrected chi connectivity index (χ3v) is 3.56. The summed E-state index contributed by atoms with van der Waals surface area (Å²) < 4.78 is 5.87. The van der Waals surface area contributed by atoms with Crippen LogP contribution in [0.4, 0.5) is 0 Å². The van der Waals surface area contributed by atoms with Crippen LogP contribution in [0.2, 0.25) is 0 Å². The maximum atomic E-state index is 11.0. The van der Waals surface area contributed by atoms with Gasteiger partial charge < -0.3 is 4.74 Å². The summed E-state index contributed by atoms with van der Waals surface area (Å²) in [6.07, 6.45) is 16.7. The van der Waals surface area contributed by atoms with E-state index >= 15 is 0 Å². The van der Waals surface area contributed by atoms with E-state index in [0.29, 0.717) is 6.61 Å². The summed E-state index contributed by atoms with van der Waals surface area (Å²) in [6.45, 7) is 2.27. The largest absolute Gasteiger partial charge is 0.463 e. The number of rotatable bonds is 12. The highest BCUT2D eigenvalue weighted by Gasteiger charge is 1.93. The zero-order valence-corrected chi connectivity index (χ0v) is 15.5. The van der Waals surface area contributed by atoms with Crippen molar-refractivity contribution in [2.45, 2.75) is 64.7 Å². The van der Waals surface area contributed by atoms with Crippen LogP contribution in [0.15, 0.2) is 21.6 Å². The Morgan fingerprint density at radius 1 is 0.950 bits per heavy atom. The molecule has 0 unspecified atom stereocenters. The van der Waals surface area contributed by atoms with Crippen molar-refractivity contribution in [2.75, 3.05) is 6.61 Å². The average molecular weight is 410 g/mol. The fourth-order valence-electron chi connectivity index (χ4n) is 1.87. The minimum absolute atomic E-state index is 0.225. The number of unbranched alkanes of at least 4 members (excludes halogenated alkanes) is 8. The molecule has 0 aromatic carbocycles. The van der Waals surface area contributed by atoms with E-state index in [4.69, 9.17) is 4.74 Å². The molecule has 2 nitrogen and oxygen atoms in total. The lowest BCUT2D eigenvalue weighted by Gasteiger charge is -2.00. The number of hydrogen-bond donors (Lipinski definition) is 0. The van der Waals surface area contributed by atoms with Gasteiger partial charge in [-0.15, -0.1) is 0 Å². The molecule has 0 fully saturated rings. The molecule has 0 aliphatic heterocycles. The van der Waals surface area contributed by atoms with E-state index in [-0.39, 0.29) is 5.97 Å². The minimum Gasteiger partial charge on any atom is -0.463 e. The average Bonchev–Trinajstić information content (AvgIpc) is 2.40. The van der Waals surface area contributed by atoms with Gasteiger partial charge in [0, 0.05) is 6.08 Å². The number of halogens is 2. The smallest absolute Gasteiger partial charge is 0.330 e. The van der Waals surface area contributed by atoms with Crippen molar-refractivity contribution in [1.82, 2.24) is 0 Å². The van der Waals surface area contributed by atoms with Crippen LogP contribution in [-0.2, 0) is 9.53 Å². The number of esters is 1. The van der Waals surface area contributed by atoms with E-state index in [0.717, 1.165) is 22.7 Å². The first kappa shape index (κ1) is 19.9. The predicted octanol–water partition coefficient (Wildman–Crippen LogP) is 6.25. The quantitative estimate of drug-likeness (QED) is 0.216.